The normalized spacial score (nSPS) is 20.7. The van der Waals surface area contributed by atoms with Gasteiger partial charge >= 0.3 is 0 Å². The number of aliphatic hydroxyl groups excluding tert-OH is 1. The molecule has 4 rings (SSSR count). The molecule has 2 fully saturated rings. The van der Waals surface area contributed by atoms with Crippen molar-refractivity contribution in [2.75, 3.05) is 46.5 Å². The van der Waals surface area contributed by atoms with Gasteiger partial charge in [0.1, 0.15) is 17.3 Å². The van der Waals surface area contributed by atoms with E-state index in [1.165, 1.54) is 30.2 Å². The van der Waals surface area contributed by atoms with Gasteiger partial charge in [0.2, 0.25) is 0 Å². The summed E-state index contributed by atoms with van der Waals surface area (Å²) < 4.78 is 10.5. The largest absolute Gasteiger partial charge is 0.507 e. The van der Waals surface area contributed by atoms with Crippen molar-refractivity contribution >= 4 is 40.7 Å². The predicted molar refractivity (Wildman–Crippen MR) is 127 cm³/mol. The van der Waals surface area contributed by atoms with Gasteiger partial charge in [-0.2, -0.15) is 0 Å². The Bertz CT molecular complexity index is 1150. The van der Waals surface area contributed by atoms with Crippen LogP contribution in [0.25, 0.3) is 5.76 Å². The molecule has 8 nitrogen and oxygen atoms in total. The first-order valence-corrected chi connectivity index (χ1v) is 11.5. The number of benzene rings is 2. The number of carbonyl (C=O) groups is 2. The van der Waals surface area contributed by atoms with Gasteiger partial charge < -0.3 is 24.6 Å². The zero-order valence-electron chi connectivity index (χ0n) is 18.5. The van der Waals surface area contributed by atoms with E-state index < -0.39 is 23.5 Å². The van der Waals surface area contributed by atoms with Crippen LogP contribution >= 0.6 is 23.2 Å². The number of likely N-dealkylation sites (tertiary alicyclic amines) is 1. The number of ketones is 1. The van der Waals surface area contributed by atoms with E-state index in [1.54, 1.807) is 18.2 Å². The Morgan fingerprint density at radius 1 is 1.09 bits per heavy atom. The standard InChI is InChI=1S/C24H24Cl2N2O6/c1-33-15-3-4-16(19(29)13-15)22(30)20-21(14-2-5-17(25)18(26)12-14)28(24(32)23(20)31)7-6-27-8-10-34-11-9-27/h2-5,12-13,21,29-30H,6-11H2,1H3/b22-20+. The summed E-state index contributed by atoms with van der Waals surface area (Å²) in [5, 5.41) is 22.2. The van der Waals surface area contributed by atoms with E-state index in [2.05, 4.69) is 4.90 Å². The topological polar surface area (TPSA) is 99.5 Å². The zero-order valence-corrected chi connectivity index (χ0v) is 20.0. The molecule has 2 heterocycles. The smallest absolute Gasteiger partial charge is 0.295 e. The van der Waals surface area contributed by atoms with Crippen LogP contribution in [0.5, 0.6) is 11.5 Å². The summed E-state index contributed by atoms with van der Waals surface area (Å²) in [6, 6.07) is 8.19. The Morgan fingerprint density at radius 3 is 2.47 bits per heavy atom. The molecule has 1 unspecified atom stereocenters. The van der Waals surface area contributed by atoms with Gasteiger partial charge in [-0.15, -0.1) is 0 Å². The number of phenols is 1. The van der Waals surface area contributed by atoms with Gasteiger partial charge in [0.05, 0.1) is 47.5 Å². The lowest BCUT2D eigenvalue weighted by molar-refractivity contribution is -0.140. The monoisotopic (exact) mass is 506 g/mol. The Balaban J connectivity index is 1.78. The van der Waals surface area contributed by atoms with E-state index in [-0.39, 0.29) is 28.5 Å². The van der Waals surface area contributed by atoms with Gasteiger partial charge in [-0.25, -0.2) is 0 Å². The molecule has 0 aromatic heterocycles. The molecule has 0 aliphatic carbocycles. The van der Waals surface area contributed by atoms with Crippen LogP contribution in [0.2, 0.25) is 10.0 Å². The Hall–Kier alpha value is -2.78. The van der Waals surface area contributed by atoms with Crippen LogP contribution in [0.15, 0.2) is 42.0 Å². The number of rotatable bonds is 6. The van der Waals surface area contributed by atoms with E-state index in [9.17, 15) is 19.8 Å². The first-order chi connectivity index (χ1) is 16.3. The number of phenolic OH excluding ortho intramolecular Hbond substituents is 1. The minimum atomic E-state index is -0.905. The minimum Gasteiger partial charge on any atom is -0.507 e. The molecule has 0 spiro atoms. The highest BCUT2D eigenvalue weighted by molar-refractivity contribution is 6.47. The molecular formula is C24H24Cl2N2O6. The molecule has 180 valence electrons. The summed E-state index contributed by atoms with van der Waals surface area (Å²) >= 11 is 12.3. The maximum atomic E-state index is 13.1. The Kier molecular flexibility index (Phi) is 7.33. The number of Topliss-reactive ketones (excluding diaryl/α,β-unsaturated/α-hetero) is 1. The number of aliphatic hydroxyl groups is 1. The van der Waals surface area contributed by atoms with E-state index in [0.717, 1.165) is 13.1 Å². The molecule has 2 aliphatic heterocycles. The number of morpholine rings is 1. The second-order valence-electron chi connectivity index (χ2n) is 8.00. The quantitative estimate of drug-likeness (QED) is 0.351. The third-order valence-electron chi connectivity index (χ3n) is 6.02. The number of ether oxygens (including phenoxy) is 2. The maximum absolute atomic E-state index is 13.1. The molecule has 0 radical (unpaired) electrons. The zero-order chi connectivity index (χ0) is 24.4. The van der Waals surface area contributed by atoms with Crippen molar-refractivity contribution in [3.8, 4) is 11.5 Å². The SMILES string of the molecule is COc1ccc(/C(O)=C2\C(=O)C(=O)N(CCN3CCOCC3)C2c2ccc(Cl)c(Cl)c2)c(O)c1. The van der Waals surface area contributed by atoms with Crippen molar-refractivity contribution in [3.63, 3.8) is 0 Å². The molecule has 2 aromatic rings. The third-order valence-corrected chi connectivity index (χ3v) is 6.76. The van der Waals surface area contributed by atoms with E-state index >= 15 is 0 Å². The van der Waals surface area contributed by atoms with Gasteiger partial charge in [-0.1, -0.05) is 29.3 Å². The highest BCUT2D eigenvalue weighted by Crippen LogP contribution is 2.42. The summed E-state index contributed by atoms with van der Waals surface area (Å²) in [5.41, 5.74) is 0.396. The number of carbonyl (C=O) groups excluding carboxylic acids is 2. The van der Waals surface area contributed by atoms with Crippen molar-refractivity contribution in [1.29, 1.82) is 0 Å². The Morgan fingerprint density at radius 2 is 1.82 bits per heavy atom. The van der Waals surface area contributed by atoms with Gasteiger partial charge in [-0.3, -0.25) is 14.5 Å². The summed E-state index contributed by atoms with van der Waals surface area (Å²) in [5.74, 6) is -1.97. The summed E-state index contributed by atoms with van der Waals surface area (Å²) in [6.07, 6.45) is 0. The molecule has 2 N–H and O–H groups in total. The van der Waals surface area contributed by atoms with Crippen LogP contribution < -0.4 is 4.74 Å². The Labute approximate surface area is 206 Å². The fourth-order valence-electron chi connectivity index (χ4n) is 4.20. The molecule has 1 amide bonds. The lowest BCUT2D eigenvalue weighted by Crippen LogP contribution is -2.42. The summed E-state index contributed by atoms with van der Waals surface area (Å²) in [6.45, 7) is 3.43. The van der Waals surface area contributed by atoms with Crippen LogP contribution in [0.1, 0.15) is 17.2 Å². The van der Waals surface area contributed by atoms with Crippen LogP contribution in [-0.4, -0.2) is 78.2 Å². The summed E-state index contributed by atoms with van der Waals surface area (Å²) in [4.78, 5) is 29.8. The van der Waals surface area contributed by atoms with Crippen molar-refractivity contribution in [2.24, 2.45) is 0 Å². The highest BCUT2D eigenvalue weighted by Gasteiger charge is 2.46. The maximum Gasteiger partial charge on any atom is 0.295 e. The fraction of sp³-hybridized carbons (Fsp3) is 0.333. The van der Waals surface area contributed by atoms with Crippen molar-refractivity contribution in [2.45, 2.75) is 6.04 Å². The fourth-order valence-corrected chi connectivity index (χ4v) is 4.50. The molecule has 0 saturated carbocycles. The predicted octanol–water partition coefficient (Wildman–Crippen LogP) is 3.46. The second-order valence-corrected chi connectivity index (χ2v) is 8.82. The number of hydrogen-bond donors (Lipinski definition) is 2. The van der Waals surface area contributed by atoms with Gasteiger partial charge in [0.25, 0.3) is 11.7 Å². The van der Waals surface area contributed by atoms with Crippen molar-refractivity contribution in [3.05, 3.63) is 63.1 Å². The van der Waals surface area contributed by atoms with Crippen LogP contribution in [0, 0.1) is 0 Å². The molecule has 34 heavy (non-hydrogen) atoms. The number of hydrogen-bond acceptors (Lipinski definition) is 7. The number of amides is 1. The van der Waals surface area contributed by atoms with Crippen LogP contribution in [0.4, 0.5) is 0 Å². The minimum absolute atomic E-state index is 0.0111. The molecule has 0 bridgehead atoms. The van der Waals surface area contributed by atoms with Gasteiger partial charge in [0.15, 0.2) is 0 Å². The van der Waals surface area contributed by atoms with Gasteiger partial charge in [-0.05, 0) is 29.8 Å². The number of halogens is 2. The summed E-state index contributed by atoms with van der Waals surface area (Å²) in [7, 11) is 1.44. The lowest BCUT2D eigenvalue weighted by Gasteiger charge is -2.31. The molecule has 2 saturated heterocycles. The number of nitrogens with zero attached hydrogens (tertiary/aromatic N) is 2. The van der Waals surface area contributed by atoms with E-state index in [1.807, 2.05) is 0 Å². The molecular weight excluding hydrogens is 483 g/mol. The first-order valence-electron chi connectivity index (χ1n) is 10.7. The number of methoxy groups -OCH3 is 1. The number of aromatic hydroxyl groups is 1. The molecule has 1 atom stereocenters. The third kappa shape index (κ3) is 4.72. The highest BCUT2D eigenvalue weighted by atomic mass is 35.5. The second kappa shape index (κ2) is 10.2. The molecule has 2 aromatic carbocycles. The van der Waals surface area contributed by atoms with E-state index in [0.29, 0.717) is 36.1 Å². The van der Waals surface area contributed by atoms with Crippen molar-refractivity contribution < 1.29 is 29.3 Å². The first kappa shape index (κ1) is 24.3. The lowest BCUT2D eigenvalue weighted by atomic mass is 9.95. The van der Waals surface area contributed by atoms with Crippen LogP contribution in [0.3, 0.4) is 0 Å². The van der Waals surface area contributed by atoms with Crippen LogP contribution in [-0.2, 0) is 14.3 Å². The molecule has 2 aliphatic rings. The van der Waals surface area contributed by atoms with Crippen molar-refractivity contribution in [1.82, 2.24) is 9.80 Å². The van der Waals surface area contributed by atoms with E-state index in [4.69, 9.17) is 32.7 Å². The van der Waals surface area contributed by atoms with Gasteiger partial charge in [0, 0.05) is 32.2 Å². The molecule has 10 heteroatoms. The average Bonchev–Trinajstić information content (AvgIpc) is 3.09. The average molecular weight is 507 g/mol.